The van der Waals surface area contributed by atoms with E-state index in [0.29, 0.717) is 11.5 Å². The molecule has 0 N–H and O–H groups in total. The van der Waals surface area contributed by atoms with Gasteiger partial charge in [-0.1, -0.05) is 115 Å². The second kappa shape index (κ2) is 10.3. The number of pyridine rings is 1. The zero-order valence-electron chi connectivity index (χ0n) is 26.7. The Morgan fingerprint density at radius 2 is 1.06 bits per heavy atom. The van der Waals surface area contributed by atoms with Crippen molar-refractivity contribution in [3.63, 3.8) is 0 Å². The van der Waals surface area contributed by atoms with Crippen molar-refractivity contribution < 1.29 is 4.42 Å². The molecular formula is C45H26N4O. The zero-order chi connectivity index (χ0) is 32.8. The average Bonchev–Trinajstić information content (AvgIpc) is 3.74. The van der Waals surface area contributed by atoms with Gasteiger partial charge >= 0.3 is 0 Å². The van der Waals surface area contributed by atoms with Crippen molar-refractivity contribution in [2.75, 3.05) is 0 Å². The van der Waals surface area contributed by atoms with Gasteiger partial charge in [0, 0.05) is 33.5 Å². The van der Waals surface area contributed by atoms with Crippen LogP contribution in [0.25, 0.3) is 105 Å². The SMILES string of the molecule is c1ccc2cc(-c3nc(-c4ccc(-n5c6ccc7ccccc7c6c6c7ccccc7ccc65)nc4)nc4oc5ccccc5c34)ccc2c1. The monoisotopic (exact) mass is 638 g/mol. The minimum atomic E-state index is 0.560. The van der Waals surface area contributed by atoms with Crippen LogP contribution in [-0.4, -0.2) is 19.5 Å². The molecule has 0 aliphatic carbocycles. The molecule has 7 aromatic carbocycles. The number of para-hydroxylation sites is 1. The van der Waals surface area contributed by atoms with E-state index in [1.54, 1.807) is 0 Å². The number of benzene rings is 7. The van der Waals surface area contributed by atoms with E-state index in [4.69, 9.17) is 19.4 Å². The lowest BCUT2D eigenvalue weighted by Gasteiger charge is -2.10. The molecule has 4 aromatic heterocycles. The van der Waals surface area contributed by atoms with Gasteiger partial charge in [-0.2, -0.15) is 4.98 Å². The van der Waals surface area contributed by atoms with Gasteiger partial charge in [-0.15, -0.1) is 0 Å². The van der Waals surface area contributed by atoms with Crippen LogP contribution < -0.4 is 0 Å². The predicted octanol–water partition coefficient (Wildman–Crippen LogP) is 11.7. The number of hydrogen-bond donors (Lipinski definition) is 0. The molecule has 5 nitrogen and oxygen atoms in total. The molecule has 0 bridgehead atoms. The molecule has 0 saturated heterocycles. The van der Waals surface area contributed by atoms with Crippen LogP contribution in [0.15, 0.2) is 162 Å². The molecule has 0 spiro atoms. The standard InChI is InChI=1S/C45H26N4O/c1-2-12-30-25-31(18-17-27(30)9-1)43-42-35-15-7-8-16-38(35)50-45(42)48-44(47-43)32-21-24-39(46-26-32)49-36-22-19-28-10-3-5-13-33(28)40(36)41-34-14-6-4-11-29(34)20-23-37(41)49/h1-26H. The lowest BCUT2D eigenvalue weighted by Crippen LogP contribution is -1.99. The topological polar surface area (TPSA) is 56.7 Å². The van der Waals surface area contributed by atoms with E-state index in [1.165, 1.54) is 37.7 Å². The van der Waals surface area contributed by atoms with Crippen LogP contribution in [0.1, 0.15) is 0 Å². The average molecular weight is 639 g/mol. The molecule has 11 rings (SSSR count). The Balaban J connectivity index is 1.12. The number of fused-ring (bicyclic) bond motifs is 11. The Labute approximate surface area is 285 Å². The normalized spacial score (nSPS) is 12.0. The number of hydrogen-bond acceptors (Lipinski definition) is 4. The maximum absolute atomic E-state index is 6.34. The molecular weight excluding hydrogens is 613 g/mol. The Hall–Kier alpha value is -6.85. The fraction of sp³-hybridized carbons (Fsp3) is 0. The van der Waals surface area contributed by atoms with Crippen LogP contribution in [0, 0.1) is 0 Å². The number of rotatable bonds is 3. The third-order valence-corrected chi connectivity index (χ3v) is 10.0. The molecule has 0 radical (unpaired) electrons. The highest BCUT2D eigenvalue weighted by Crippen LogP contribution is 2.41. The number of nitrogens with zero attached hydrogens (tertiary/aromatic N) is 4. The van der Waals surface area contributed by atoms with E-state index in [0.717, 1.165) is 55.4 Å². The second-order valence-corrected chi connectivity index (χ2v) is 12.8. The summed E-state index contributed by atoms with van der Waals surface area (Å²) in [6.45, 7) is 0. The first-order chi connectivity index (χ1) is 24.8. The van der Waals surface area contributed by atoms with Crippen molar-refractivity contribution in [3.8, 4) is 28.5 Å². The van der Waals surface area contributed by atoms with Crippen LogP contribution >= 0.6 is 0 Å². The highest BCUT2D eigenvalue weighted by molar-refractivity contribution is 6.28. The van der Waals surface area contributed by atoms with Gasteiger partial charge in [0.15, 0.2) is 5.82 Å². The minimum Gasteiger partial charge on any atom is -0.438 e. The Kier molecular flexibility index (Phi) is 5.60. The minimum absolute atomic E-state index is 0.560. The Morgan fingerprint density at radius 3 is 1.76 bits per heavy atom. The summed E-state index contributed by atoms with van der Waals surface area (Å²) in [5.74, 6) is 1.40. The summed E-state index contributed by atoms with van der Waals surface area (Å²) in [7, 11) is 0. The number of aromatic nitrogens is 4. The first-order valence-corrected chi connectivity index (χ1v) is 16.8. The predicted molar refractivity (Wildman–Crippen MR) is 205 cm³/mol. The largest absolute Gasteiger partial charge is 0.438 e. The first-order valence-electron chi connectivity index (χ1n) is 16.8. The maximum atomic E-state index is 6.34. The summed E-state index contributed by atoms with van der Waals surface area (Å²) in [4.78, 5) is 15.3. The van der Waals surface area contributed by atoms with Crippen molar-refractivity contribution in [3.05, 3.63) is 158 Å². The lowest BCUT2D eigenvalue weighted by atomic mass is 10.00. The van der Waals surface area contributed by atoms with Gasteiger partial charge in [0.25, 0.3) is 0 Å². The molecule has 4 heterocycles. The summed E-state index contributed by atoms with van der Waals surface area (Å²) in [5.41, 5.74) is 6.25. The molecule has 0 amide bonds. The van der Waals surface area contributed by atoms with Crippen LogP contribution in [0.2, 0.25) is 0 Å². The van der Waals surface area contributed by atoms with Crippen molar-refractivity contribution >= 4 is 76.2 Å². The number of furan rings is 1. The molecule has 0 aliphatic rings. The van der Waals surface area contributed by atoms with E-state index in [9.17, 15) is 0 Å². The van der Waals surface area contributed by atoms with Gasteiger partial charge in [-0.3, -0.25) is 4.57 Å². The van der Waals surface area contributed by atoms with Gasteiger partial charge in [0.1, 0.15) is 11.4 Å². The van der Waals surface area contributed by atoms with Gasteiger partial charge in [-0.25, -0.2) is 9.97 Å². The molecule has 5 heteroatoms. The molecule has 0 saturated carbocycles. The highest BCUT2D eigenvalue weighted by atomic mass is 16.3. The molecule has 50 heavy (non-hydrogen) atoms. The van der Waals surface area contributed by atoms with E-state index in [1.807, 2.05) is 24.4 Å². The van der Waals surface area contributed by atoms with E-state index < -0.39 is 0 Å². The van der Waals surface area contributed by atoms with Gasteiger partial charge in [-0.05, 0) is 68.7 Å². The van der Waals surface area contributed by atoms with Crippen molar-refractivity contribution in [1.29, 1.82) is 0 Å². The van der Waals surface area contributed by atoms with Gasteiger partial charge in [0.05, 0.1) is 22.1 Å². The third-order valence-electron chi connectivity index (χ3n) is 10.0. The fourth-order valence-electron chi connectivity index (χ4n) is 7.74. The lowest BCUT2D eigenvalue weighted by molar-refractivity contribution is 0.653. The molecule has 11 aromatic rings. The third kappa shape index (κ3) is 3.92. The van der Waals surface area contributed by atoms with E-state index >= 15 is 0 Å². The van der Waals surface area contributed by atoms with Crippen molar-refractivity contribution in [2.24, 2.45) is 0 Å². The molecule has 0 unspecified atom stereocenters. The van der Waals surface area contributed by atoms with E-state index in [-0.39, 0.29) is 0 Å². The van der Waals surface area contributed by atoms with Crippen molar-refractivity contribution in [2.45, 2.75) is 0 Å². The van der Waals surface area contributed by atoms with Gasteiger partial charge in [0.2, 0.25) is 5.71 Å². The van der Waals surface area contributed by atoms with E-state index in [2.05, 4.69) is 138 Å². The highest BCUT2D eigenvalue weighted by Gasteiger charge is 2.20. The van der Waals surface area contributed by atoms with Crippen LogP contribution in [-0.2, 0) is 0 Å². The van der Waals surface area contributed by atoms with Crippen LogP contribution in [0.3, 0.4) is 0 Å². The summed E-state index contributed by atoms with van der Waals surface area (Å²) in [6, 6.07) is 53.1. The summed E-state index contributed by atoms with van der Waals surface area (Å²) in [6.07, 6.45) is 1.88. The smallest absolute Gasteiger partial charge is 0.231 e. The summed E-state index contributed by atoms with van der Waals surface area (Å²) < 4.78 is 8.61. The van der Waals surface area contributed by atoms with Crippen molar-refractivity contribution in [1.82, 2.24) is 19.5 Å². The Morgan fingerprint density at radius 1 is 0.460 bits per heavy atom. The summed E-state index contributed by atoms with van der Waals surface area (Å²) >= 11 is 0. The molecule has 0 fully saturated rings. The van der Waals surface area contributed by atoms with Crippen LogP contribution in [0.4, 0.5) is 0 Å². The zero-order valence-corrected chi connectivity index (χ0v) is 26.7. The first kappa shape index (κ1) is 27.1. The Bertz CT molecular complexity index is 3060. The summed E-state index contributed by atoms with van der Waals surface area (Å²) in [5, 5.41) is 11.6. The molecule has 0 atom stereocenters. The fourth-order valence-corrected chi connectivity index (χ4v) is 7.74. The second-order valence-electron chi connectivity index (χ2n) is 12.8. The van der Waals surface area contributed by atoms with Gasteiger partial charge < -0.3 is 4.42 Å². The quantitative estimate of drug-likeness (QED) is 0.193. The molecule has 232 valence electrons. The molecule has 0 aliphatic heterocycles. The van der Waals surface area contributed by atoms with Crippen LogP contribution in [0.5, 0.6) is 0 Å². The maximum Gasteiger partial charge on any atom is 0.231 e.